The van der Waals surface area contributed by atoms with Crippen molar-refractivity contribution in [1.82, 2.24) is 0 Å². The fourth-order valence-electron chi connectivity index (χ4n) is 1.50. The number of hydrogen-bond acceptors (Lipinski definition) is 2. The Hall–Kier alpha value is -0.340. The summed E-state index contributed by atoms with van der Waals surface area (Å²) in [6, 6.07) is 4.26. The zero-order chi connectivity index (χ0) is 10.4. The number of aryl methyl sites for hydroxylation is 1. The lowest BCUT2D eigenvalue weighted by atomic mass is 9.97. The second-order valence-corrected chi connectivity index (χ2v) is 4.96. The SMILES string of the molecule is CCC(C)C(O)CCCc1cccs1. The number of hydrogen-bond donors (Lipinski definition) is 1. The Kier molecular flexibility index (Phi) is 5.20. The van der Waals surface area contributed by atoms with E-state index in [4.69, 9.17) is 0 Å². The molecule has 0 aromatic carbocycles. The Morgan fingerprint density at radius 1 is 1.50 bits per heavy atom. The first-order chi connectivity index (χ1) is 6.74. The Labute approximate surface area is 90.8 Å². The normalized spacial score (nSPS) is 15.4. The van der Waals surface area contributed by atoms with Gasteiger partial charge in [0.05, 0.1) is 6.10 Å². The average Bonchev–Trinajstić information content (AvgIpc) is 2.69. The van der Waals surface area contributed by atoms with E-state index in [1.165, 1.54) is 4.88 Å². The summed E-state index contributed by atoms with van der Waals surface area (Å²) in [5.74, 6) is 0.443. The van der Waals surface area contributed by atoms with Crippen LogP contribution < -0.4 is 0 Å². The first-order valence-electron chi connectivity index (χ1n) is 5.44. The standard InChI is InChI=1S/C12H20OS/c1-3-10(2)12(13)8-4-6-11-7-5-9-14-11/h5,7,9-10,12-13H,3-4,6,8H2,1-2H3. The van der Waals surface area contributed by atoms with Crippen molar-refractivity contribution in [2.75, 3.05) is 0 Å². The highest BCUT2D eigenvalue weighted by Crippen LogP contribution is 2.16. The molecule has 1 N–H and O–H groups in total. The predicted octanol–water partition coefficient (Wildman–Crippen LogP) is 3.48. The quantitative estimate of drug-likeness (QED) is 0.765. The van der Waals surface area contributed by atoms with Crippen LogP contribution in [0.25, 0.3) is 0 Å². The van der Waals surface area contributed by atoms with Crippen LogP contribution in [0.3, 0.4) is 0 Å². The molecule has 0 aliphatic rings. The van der Waals surface area contributed by atoms with E-state index in [2.05, 4.69) is 31.4 Å². The highest BCUT2D eigenvalue weighted by molar-refractivity contribution is 7.09. The summed E-state index contributed by atoms with van der Waals surface area (Å²) >= 11 is 1.81. The summed E-state index contributed by atoms with van der Waals surface area (Å²) in [6.07, 6.45) is 4.12. The van der Waals surface area contributed by atoms with Crippen LogP contribution in [0.2, 0.25) is 0 Å². The first kappa shape index (κ1) is 11.7. The van der Waals surface area contributed by atoms with E-state index in [0.29, 0.717) is 5.92 Å². The zero-order valence-electron chi connectivity index (χ0n) is 9.07. The molecule has 2 atom stereocenters. The van der Waals surface area contributed by atoms with Gasteiger partial charge in [0.25, 0.3) is 0 Å². The Morgan fingerprint density at radius 2 is 2.29 bits per heavy atom. The van der Waals surface area contributed by atoms with E-state index >= 15 is 0 Å². The minimum atomic E-state index is -0.111. The van der Waals surface area contributed by atoms with Crippen LogP contribution in [0.15, 0.2) is 17.5 Å². The Balaban J connectivity index is 2.15. The van der Waals surface area contributed by atoms with Gasteiger partial charge in [0.15, 0.2) is 0 Å². The van der Waals surface area contributed by atoms with Crippen LogP contribution in [-0.4, -0.2) is 11.2 Å². The number of rotatable bonds is 6. The maximum absolute atomic E-state index is 9.75. The maximum Gasteiger partial charge on any atom is 0.0565 e. The van der Waals surface area contributed by atoms with Crippen molar-refractivity contribution >= 4 is 11.3 Å². The molecule has 1 aromatic heterocycles. The smallest absolute Gasteiger partial charge is 0.0565 e. The van der Waals surface area contributed by atoms with Crippen molar-refractivity contribution in [3.05, 3.63) is 22.4 Å². The van der Waals surface area contributed by atoms with Crippen LogP contribution in [-0.2, 0) is 6.42 Å². The molecular formula is C12H20OS. The number of thiophene rings is 1. The van der Waals surface area contributed by atoms with Gasteiger partial charge in [-0.25, -0.2) is 0 Å². The van der Waals surface area contributed by atoms with Gasteiger partial charge in [-0.1, -0.05) is 26.3 Å². The number of aliphatic hydroxyl groups is 1. The zero-order valence-corrected chi connectivity index (χ0v) is 9.89. The lowest BCUT2D eigenvalue weighted by Gasteiger charge is -2.16. The molecule has 1 heterocycles. The molecule has 2 heteroatoms. The minimum absolute atomic E-state index is 0.111. The van der Waals surface area contributed by atoms with Crippen molar-refractivity contribution in [1.29, 1.82) is 0 Å². The van der Waals surface area contributed by atoms with Crippen LogP contribution >= 0.6 is 11.3 Å². The molecule has 0 radical (unpaired) electrons. The van der Waals surface area contributed by atoms with Gasteiger partial charge in [-0.05, 0) is 36.6 Å². The van der Waals surface area contributed by atoms with Gasteiger partial charge in [0.2, 0.25) is 0 Å². The average molecular weight is 212 g/mol. The van der Waals surface area contributed by atoms with Gasteiger partial charge in [-0.2, -0.15) is 0 Å². The third-order valence-electron chi connectivity index (χ3n) is 2.80. The van der Waals surface area contributed by atoms with Gasteiger partial charge in [0.1, 0.15) is 0 Å². The summed E-state index contributed by atoms with van der Waals surface area (Å²) in [4.78, 5) is 1.43. The first-order valence-corrected chi connectivity index (χ1v) is 6.32. The summed E-state index contributed by atoms with van der Waals surface area (Å²) in [5, 5.41) is 11.9. The summed E-state index contributed by atoms with van der Waals surface area (Å²) in [5.41, 5.74) is 0. The van der Waals surface area contributed by atoms with Crippen LogP contribution in [0.1, 0.15) is 38.0 Å². The molecule has 0 amide bonds. The minimum Gasteiger partial charge on any atom is -0.393 e. The third kappa shape index (κ3) is 3.81. The van der Waals surface area contributed by atoms with Crippen LogP contribution in [0.4, 0.5) is 0 Å². The van der Waals surface area contributed by atoms with Crippen molar-refractivity contribution in [2.45, 2.75) is 45.6 Å². The summed E-state index contributed by atoms with van der Waals surface area (Å²) < 4.78 is 0. The van der Waals surface area contributed by atoms with Crippen molar-refractivity contribution in [3.8, 4) is 0 Å². The lowest BCUT2D eigenvalue weighted by molar-refractivity contribution is 0.103. The molecule has 0 aliphatic carbocycles. The number of aliphatic hydroxyl groups excluding tert-OH is 1. The van der Waals surface area contributed by atoms with E-state index in [-0.39, 0.29) is 6.10 Å². The fourth-order valence-corrected chi connectivity index (χ4v) is 2.25. The largest absolute Gasteiger partial charge is 0.393 e. The predicted molar refractivity (Wildman–Crippen MR) is 62.7 cm³/mol. The van der Waals surface area contributed by atoms with E-state index in [0.717, 1.165) is 25.7 Å². The molecule has 1 nitrogen and oxygen atoms in total. The molecule has 2 unspecified atom stereocenters. The molecule has 80 valence electrons. The van der Waals surface area contributed by atoms with Crippen molar-refractivity contribution < 1.29 is 5.11 Å². The maximum atomic E-state index is 9.75. The molecule has 0 fully saturated rings. The van der Waals surface area contributed by atoms with E-state index in [9.17, 15) is 5.11 Å². The lowest BCUT2D eigenvalue weighted by Crippen LogP contribution is -2.16. The highest BCUT2D eigenvalue weighted by atomic mass is 32.1. The van der Waals surface area contributed by atoms with Gasteiger partial charge in [-0.15, -0.1) is 11.3 Å². The third-order valence-corrected chi connectivity index (χ3v) is 3.74. The van der Waals surface area contributed by atoms with Gasteiger partial charge in [-0.3, -0.25) is 0 Å². The molecule has 1 rings (SSSR count). The van der Waals surface area contributed by atoms with E-state index in [1.54, 1.807) is 0 Å². The fraction of sp³-hybridized carbons (Fsp3) is 0.667. The highest BCUT2D eigenvalue weighted by Gasteiger charge is 2.11. The van der Waals surface area contributed by atoms with E-state index < -0.39 is 0 Å². The second kappa shape index (κ2) is 6.20. The molecule has 0 saturated heterocycles. The van der Waals surface area contributed by atoms with Gasteiger partial charge < -0.3 is 5.11 Å². The molecule has 0 spiro atoms. The second-order valence-electron chi connectivity index (χ2n) is 3.92. The van der Waals surface area contributed by atoms with Crippen molar-refractivity contribution in [3.63, 3.8) is 0 Å². The molecule has 1 aromatic rings. The Bertz CT molecular complexity index is 230. The van der Waals surface area contributed by atoms with Crippen molar-refractivity contribution in [2.24, 2.45) is 5.92 Å². The molecule has 0 aliphatic heterocycles. The molecule has 14 heavy (non-hydrogen) atoms. The van der Waals surface area contributed by atoms with Gasteiger partial charge >= 0.3 is 0 Å². The summed E-state index contributed by atoms with van der Waals surface area (Å²) in [7, 11) is 0. The summed E-state index contributed by atoms with van der Waals surface area (Å²) in [6.45, 7) is 4.25. The topological polar surface area (TPSA) is 20.2 Å². The molecule has 0 bridgehead atoms. The van der Waals surface area contributed by atoms with Crippen LogP contribution in [0, 0.1) is 5.92 Å². The van der Waals surface area contributed by atoms with Gasteiger partial charge in [0, 0.05) is 4.88 Å². The molecular weight excluding hydrogens is 192 g/mol. The monoisotopic (exact) mass is 212 g/mol. The van der Waals surface area contributed by atoms with E-state index in [1.807, 2.05) is 11.3 Å². The Morgan fingerprint density at radius 3 is 2.86 bits per heavy atom. The van der Waals surface area contributed by atoms with Crippen LogP contribution in [0.5, 0.6) is 0 Å². The molecule has 0 saturated carbocycles.